The maximum Gasteiger partial charge on any atom is 0.0897 e. The van der Waals surface area contributed by atoms with Crippen LogP contribution in [0.3, 0.4) is 0 Å². The van der Waals surface area contributed by atoms with E-state index in [1.165, 1.54) is 43.2 Å². The number of thiazole rings is 1. The van der Waals surface area contributed by atoms with Gasteiger partial charge in [0.1, 0.15) is 0 Å². The summed E-state index contributed by atoms with van der Waals surface area (Å²) < 4.78 is 0. The molecule has 2 fully saturated rings. The third kappa shape index (κ3) is 2.86. The quantitative estimate of drug-likeness (QED) is 0.845. The lowest BCUT2D eigenvalue weighted by molar-refractivity contribution is 0.203. The summed E-state index contributed by atoms with van der Waals surface area (Å²) in [5.74, 6) is 0.786. The lowest BCUT2D eigenvalue weighted by atomic mass is 10.1. The average Bonchev–Trinajstić information content (AvgIpc) is 3.00. The van der Waals surface area contributed by atoms with E-state index in [0.717, 1.165) is 24.5 Å². The van der Waals surface area contributed by atoms with Crippen molar-refractivity contribution in [2.75, 3.05) is 19.6 Å². The number of aromatic nitrogens is 1. The van der Waals surface area contributed by atoms with Gasteiger partial charge >= 0.3 is 0 Å². The van der Waals surface area contributed by atoms with Crippen LogP contribution in [-0.2, 0) is 6.54 Å². The van der Waals surface area contributed by atoms with Crippen LogP contribution in [0.15, 0.2) is 5.38 Å². The molecule has 0 saturated carbocycles. The predicted octanol–water partition coefficient (Wildman–Crippen LogP) is 2.76. The molecule has 2 saturated heterocycles. The van der Waals surface area contributed by atoms with Crippen LogP contribution in [0, 0.1) is 12.8 Å². The van der Waals surface area contributed by atoms with E-state index in [1.807, 2.05) is 0 Å². The maximum atomic E-state index is 4.62. The fraction of sp³-hybridized carbons (Fsp3) is 0.800. The molecule has 2 aliphatic heterocycles. The minimum Gasteiger partial charge on any atom is -0.298 e. The highest BCUT2D eigenvalue weighted by Crippen LogP contribution is 2.33. The molecule has 3 nitrogen and oxygen atoms in total. The second-order valence-electron chi connectivity index (χ2n) is 6.43. The highest BCUT2D eigenvalue weighted by atomic mass is 32.1. The number of nitrogens with zero attached hydrogens (tertiary/aromatic N) is 3. The Morgan fingerprint density at radius 1 is 1.26 bits per heavy atom. The molecule has 4 heteroatoms. The molecule has 0 aliphatic carbocycles. The Labute approximate surface area is 120 Å². The van der Waals surface area contributed by atoms with E-state index in [-0.39, 0.29) is 0 Å². The summed E-state index contributed by atoms with van der Waals surface area (Å²) in [5, 5.41) is 3.42. The number of aryl methyl sites for hydroxylation is 1. The van der Waals surface area contributed by atoms with Crippen molar-refractivity contribution in [3.63, 3.8) is 0 Å². The van der Waals surface area contributed by atoms with Crippen LogP contribution in [-0.4, -0.2) is 46.5 Å². The molecule has 0 amide bonds. The topological polar surface area (TPSA) is 19.4 Å². The van der Waals surface area contributed by atoms with Crippen LogP contribution in [0.4, 0.5) is 0 Å². The molecule has 2 aliphatic rings. The third-order valence-corrected chi connectivity index (χ3v) is 5.26. The van der Waals surface area contributed by atoms with E-state index in [0.29, 0.717) is 0 Å². The van der Waals surface area contributed by atoms with Gasteiger partial charge in [-0.05, 0) is 25.7 Å². The zero-order valence-electron chi connectivity index (χ0n) is 12.3. The Morgan fingerprint density at radius 3 is 2.58 bits per heavy atom. The normalized spacial score (nSPS) is 28.4. The van der Waals surface area contributed by atoms with Crippen molar-refractivity contribution in [3.05, 3.63) is 16.1 Å². The van der Waals surface area contributed by atoms with Crippen LogP contribution in [0.1, 0.15) is 37.4 Å². The molecule has 1 aromatic heterocycles. The Bertz CT molecular complexity index is 429. The Kier molecular flexibility index (Phi) is 3.92. The minimum absolute atomic E-state index is 0.778. The molecule has 0 aromatic carbocycles. The highest BCUT2D eigenvalue weighted by molar-refractivity contribution is 7.09. The zero-order chi connectivity index (χ0) is 13.4. The van der Waals surface area contributed by atoms with Crippen molar-refractivity contribution in [2.24, 2.45) is 5.92 Å². The van der Waals surface area contributed by atoms with E-state index < -0.39 is 0 Å². The molecule has 2 atom stereocenters. The summed E-state index contributed by atoms with van der Waals surface area (Å²) in [7, 11) is 0. The molecule has 3 heterocycles. The monoisotopic (exact) mass is 279 g/mol. The van der Waals surface area contributed by atoms with Gasteiger partial charge in [0.05, 0.1) is 10.7 Å². The standard InChI is InChI=1S/C15H25N3S/c1-11(2)8-17-6-4-15-14(17)5-7-18(15)9-13-10-19-12(3)16-13/h10-11,14-15H,4-9H2,1-3H3/t14-,15-/m0/s1. The highest BCUT2D eigenvalue weighted by Gasteiger charge is 2.42. The van der Waals surface area contributed by atoms with Crippen LogP contribution in [0.25, 0.3) is 0 Å². The van der Waals surface area contributed by atoms with Crippen LogP contribution in [0.2, 0.25) is 0 Å². The van der Waals surface area contributed by atoms with Gasteiger partial charge in [-0.25, -0.2) is 4.98 Å². The zero-order valence-corrected chi connectivity index (χ0v) is 13.1. The van der Waals surface area contributed by atoms with Gasteiger partial charge in [-0.1, -0.05) is 13.8 Å². The number of fused-ring (bicyclic) bond motifs is 1. The fourth-order valence-electron chi connectivity index (χ4n) is 3.75. The molecule has 0 spiro atoms. The first-order valence-corrected chi connectivity index (χ1v) is 8.40. The molecule has 0 N–H and O–H groups in total. The Hall–Kier alpha value is -0.450. The van der Waals surface area contributed by atoms with Gasteiger partial charge < -0.3 is 0 Å². The summed E-state index contributed by atoms with van der Waals surface area (Å²) >= 11 is 1.77. The molecule has 106 valence electrons. The van der Waals surface area contributed by atoms with Gasteiger partial charge in [0.25, 0.3) is 0 Å². The SMILES string of the molecule is Cc1nc(CN2CC[C@H]3[C@@H]2CCN3CC(C)C)cs1. The van der Waals surface area contributed by atoms with Crippen molar-refractivity contribution in [2.45, 2.75) is 52.2 Å². The van der Waals surface area contributed by atoms with Crippen molar-refractivity contribution in [1.82, 2.24) is 14.8 Å². The van der Waals surface area contributed by atoms with Gasteiger partial charge in [0, 0.05) is 43.6 Å². The van der Waals surface area contributed by atoms with Crippen molar-refractivity contribution in [3.8, 4) is 0 Å². The number of hydrogen-bond acceptors (Lipinski definition) is 4. The van der Waals surface area contributed by atoms with E-state index in [9.17, 15) is 0 Å². The first kappa shape index (κ1) is 13.5. The molecule has 3 rings (SSSR count). The summed E-state index contributed by atoms with van der Waals surface area (Å²) in [4.78, 5) is 10.0. The minimum atomic E-state index is 0.778. The van der Waals surface area contributed by atoms with Gasteiger partial charge in [-0.15, -0.1) is 11.3 Å². The van der Waals surface area contributed by atoms with E-state index in [1.54, 1.807) is 11.3 Å². The van der Waals surface area contributed by atoms with Crippen LogP contribution in [0.5, 0.6) is 0 Å². The largest absolute Gasteiger partial charge is 0.298 e. The summed E-state index contributed by atoms with van der Waals surface area (Å²) in [6.45, 7) is 11.6. The van der Waals surface area contributed by atoms with Gasteiger partial charge in [-0.3, -0.25) is 9.80 Å². The second kappa shape index (κ2) is 5.51. The molecule has 0 bridgehead atoms. The van der Waals surface area contributed by atoms with E-state index in [4.69, 9.17) is 0 Å². The molecular weight excluding hydrogens is 254 g/mol. The number of rotatable bonds is 4. The summed E-state index contributed by atoms with van der Waals surface area (Å²) in [6, 6.07) is 1.59. The van der Waals surface area contributed by atoms with Crippen molar-refractivity contribution in [1.29, 1.82) is 0 Å². The smallest absolute Gasteiger partial charge is 0.0897 e. The van der Waals surface area contributed by atoms with E-state index in [2.05, 4.69) is 40.9 Å². The number of likely N-dealkylation sites (tertiary alicyclic amines) is 2. The fourth-order valence-corrected chi connectivity index (χ4v) is 4.35. The van der Waals surface area contributed by atoms with Gasteiger partial charge in [-0.2, -0.15) is 0 Å². The molecule has 19 heavy (non-hydrogen) atoms. The molecule has 1 aromatic rings. The summed E-state index contributed by atoms with van der Waals surface area (Å²) in [6.07, 6.45) is 2.70. The third-order valence-electron chi connectivity index (χ3n) is 4.44. The van der Waals surface area contributed by atoms with Crippen molar-refractivity contribution >= 4 is 11.3 Å². The Morgan fingerprint density at radius 2 is 1.95 bits per heavy atom. The van der Waals surface area contributed by atoms with Gasteiger partial charge in [0.2, 0.25) is 0 Å². The molecule has 0 radical (unpaired) electrons. The molecule has 0 unspecified atom stereocenters. The average molecular weight is 279 g/mol. The van der Waals surface area contributed by atoms with Gasteiger partial charge in [0.15, 0.2) is 0 Å². The predicted molar refractivity (Wildman–Crippen MR) is 80.5 cm³/mol. The Balaban J connectivity index is 1.61. The lowest BCUT2D eigenvalue weighted by Gasteiger charge is -2.26. The first-order valence-electron chi connectivity index (χ1n) is 7.52. The van der Waals surface area contributed by atoms with E-state index >= 15 is 0 Å². The first-order chi connectivity index (χ1) is 9.13. The molecular formula is C15H25N3S. The van der Waals surface area contributed by atoms with Crippen LogP contribution >= 0.6 is 11.3 Å². The lowest BCUT2D eigenvalue weighted by Crippen LogP contribution is -2.37. The van der Waals surface area contributed by atoms with Crippen LogP contribution < -0.4 is 0 Å². The summed E-state index contributed by atoms with van der Waals surface area (Å²) in [5.41, 5.74) is 1.27. The van der Waals surface area contributed by atoms with Crippen molar-refractivity contribution < 1.29 is 0 Å². The number of hydrogen-bond donors (Lipinski definition) is 0. The maximum absolute atomic E-state index is 4.62. The second-order valence-corrected chi connectivity index (χ2v) is 7.49.